The van der Waals surface area contributed by atoms with Gasteiger partial charge in [0.15, 0.2) is 5.65 Å². The van der Waals surface area contributed by atoms with Crippen molar-refractivity contribution in [3.63, 3.8) is 0 Å². The Kier molecular flexibility index (Phi) is 5.51. The van der Waals surface area contributed by atoms with Gasteiger partial charge in [-0.15, -0.1) is 12.4 Å². The van der Waals surface area contributed by atoms with Crippen LogP contribution in [0.25, 0.3) is 21.9 Å². The van der Waals surface area contributed by atoms with Gasteiger partial charge in [-0.1, -0.05) is 6.07 Å². The minimum Gasteiger partial charge on any atom is -0.398 e. The molecular formula is C17H25ClN6. The Morgan fingerprint density at radius 3 is 2.71 bits per heavy atom. The van der Waals surface area contributed by atoms with Crippen molar-refractivity contribution in [2.75, 3.05) is 38.2 Å². The second-order valence-corrected chi connectivity index (χ2v) is 6.22. The van der Waals surface area contributed by atoms with Gasteiger partial charge in [-0.05, 0) is 46.1 Å². The van der Waals surface area contributed by atoms with E-state index in [2.05, 4.69) is 29.4 Å². The van der Waals surface area contributed by atoms with Crippen LogP contribution in [0, 0.1) is 6.92 Å². The molecule has 0 bridgehead atoms. The van der Waals surface area contributed by atoms with Gasteiger partial charge in [0.2, 0.25) is 0 Å². The molecule has 0 saturated carbocycles. The first-order valence-corrected chi connectivity index (χ1v) is 7.89. The number of aromatic nitrogens is 3. The summed E-state index contributed by atoms with van der Waals surface area (Å²) in [6, 6.07) is 5.86. The standard InChI is InChI=1S/C17H24N6.ClH/c1-11-14-16(19-9-6-10-22(2)3)15-12(18)7-5-8-13(15)20-17(14)23(4)21-11;/h5,7-8H,6,9-10,18H2,1-4H3,(H,19,20);1H. The Balaban J connectivity index is 0.00000208. The van der Waals surface area contributed by atoms with Crippen molar-refractivity contribution in [1.82, 2.24) is 19.7 Å². The van der Waals surface area contributed by atoms with Crippen LogP contribution in [-0.2, 0) is 7.05 Å². The van der Waals surface area contributed by atoms with E-state index in [1.807, 2.05) is 36.9 Å². The highest BCUT2D eigenvalue weighted by molar-refractivity contribution is 6.12. The summed E-state index contributed by atoms with van der Waals surface area (Å²) in [7, 11) is 6.10. The zero-order valence-corrected chi connectivity index (χ0v) is 15.4. The number of halogens is 1. The molecule has 0 atom stereocenters. The Hall–Kier alpha value is -2.05. The minimum absolute atomic E-state index is 0. The van der Waals surface area contributed by atoms with E-state index in [1.165, 1.54) is 0 Å². The van der Waals surface area contributed by atoms with Crippen molar-refractivity contribution >= 4 is 45.7 Å². The van der Waals surface area contributed by atoms with Crippen LogP contribution in [0.15, 0.2) is 18.2 Å². The lowest BCUT2D eigenvalue weighted by molar-refractivity contribution is 0.405. The molecule has 0 radical (unpaired) electrons. The summed E-state index contributed by atoms with van der Waals surface area (Å²) in [5, 5.41) is 10.2. The van der Waals surface area contributed by atoms with E-state index in [4.69, 9.17) is 10.7 Å². The predicted molar refractivity (Wildman–Crippen MR) is 104 cm³/mol. The molecule has 130 valence electrons. The molecule has 7 heteroatoms. The maximum absolute atomic E-state index is 6.24. The summed E-state index contributed by atoms with van der Waals surface area (Å²) in [5.74, 6) is 0. The minimum atomic E-state index is 0. The number of benzene rings is 1. The molecule has 6 nitrogen and oxygen atoms in total. The van der Waals surface area contributed by atoms with Crippen LogP contribution < -0.4 is 11.1 Å². The van der Waals surface area contributed by atoms with Crippen LogP contribution in [0.5, 0.6) is 0 Å². The molecule has 0 unspecified atom stereocenters. The molecule has 0 amide bonds. The molecule has 0 saturated heterocycles. The fraction of sp³-hybridized carbons (Fsp3) is 0.412. The summed E-state index contributed by atoms with van der Waals surface area (Å²) in [4.78, 5) is 6.93. The first kappa shape index (κ1) is 18.3. The Morgan fingerprint density at radius 2 is 2.00 bits per heavy atom. The molecule has 3 N–H and O–H groups in total. The number of nitrogens with two attached hydrogens (primary N) is 1. The van der Waals surface area contributed by atoms with E-state index in [9.17, 15) is 0 Å². The molecule has 1 aromatic carbocycles. The van der Waals surface area contributed by atoms with Crippen molar-refractivity contribution in [1.29, 1.82) is 0 Å². The number of nitrogens with one attached hydrogen (secondary N) is 1. The number of hydrogen-bond acceptors (Lipinski definition) is 5. The van der Waals surface area contributed by atoms with Crippen LogP contribution in [0.2, 0.25) is 0 Å². The molecule has 0 aliphatic heterocycles. The third kappa shape index (κ3) is 3.25. The summed E-state index contributed by atoms with van der Waals surface area (Å²) < 4.78 is 1.83. The fourth-order valence-electron chi connectivity index (χ4n) is 3.01. The van der Waals surface area contributed by atoms with Gasteiger partial charge < -0.3 is 16.0 Å². The number of anilines is 2. The highest BCUT2D eigenvalue weighted by Crippen LogP contribution is 2.35. The average molecular weight is 349 g/mol. The Morgan fingerprint density at radius 1 is 1.25 bits per heavy atom. The van der Waals surface area contributed by atoms with E-state index in [1.54, 1.807) is 0 Å². The van der Waals surface area contributed by atoms with Gasteiger partial charge in [0.05, 0.1) is 22.3 Å². The highest BCUT2D eigenvalue weighted by atomic mass is 35.5. The summed E-state index contributed by atoms with van der Waals surface area (Å²) in [6.07, 6.45) is 1.06. The Labute approximate surface area is 148 Å². The van der Waals surface area contributed by atoms with Crippen LogP contribution in [-0.4, -0.2) is 46.8 Å². The number of hydrogen-bond donors (Lipinski definition) is 2. The van der Waals surface area contributed by atoms with E-state index in [0.29, 0.717) is 0 Å². The fourth-order valence-corrected chi connectivity index (χ4v) is 3.01. The van der Waals surface area contributed by atoms with E-state index >= 15 is 0 Å². The van der Waals surface area contributed by atoms with Gasteiger partial charge in [0, 0.05) is 24.7 Å². The zero-order valence-electron chi connectivity index (χ0n) is 14.6. The van der Waals surface area contributed by atoms with Gasteiger partial charge in [-0.3, -0.25) is 4.68 Å². The molecule has 0 aliphatic rings. The molecule has 3 rings (SSSR count). The van der Waals surface area contributed by atoms with Crippen LogP contribution in [0.4, 0.5) is 11.4 Å². The lowest BCUT2D eigenvalue weighted by atomic mass is 10.1. The predicted octanol–water partition coefficient (Wildman–Crippen LogP) is 2.80. The van der Waals surface area contributed by atoms with Crippen molar-refractivity contribution in [3.05, 3.63) is 23.9 Å². The van der Waals surface area contributed by atoms with Crippen molar-refractivity contribution in [2.45, 2.75) is 13.3 Å². The third-order valence-electron chi connectivity index (χ3n) is 4.08. The van der Waals surface area contributed by atoms with Gasteiger partial charge in [0.1, 0.15) is 0 Å². The van der Waals surface area contributed by atoms with Gasteiger partial charge in [-0.25, -0.2) is 4.98 Å². The number of nitrogens with zero attached hydrogens (tertiary/aromatic N) is 4. The Bertz CT molecular complexity index is 855. The van der Waals surface area contributed by atoms with E-state index < -0.39 is 0 Å². The van der Waals surface area contributed by atoms with Crippen LogP contribution >= 0.6 is 12.4 Å². The smallest absolute Gasteiger partial charge is 0.160 e. The van der Waals surface area contributed by atoms with Gasteiger partial charge >= 0.3 is 0 Å². The SMILES string of the molecule is Cc1nn(C)c2nc3cccc(N)c3c(NCCCN(C)C)c12.Cl. The lowest BCUT2D eigenvalue weighted by Crippen LogP contribution is -2.16. The summed E-state index contributed by atoms with van der Waals surface area (Å²) in [6.45, 7) is 3.94. The molecule has 24 heavy (non-hydrogen) atoms. The average Bonchev–Trinajstić information content (AvgIpc) is 2.77. The zero-order chi connectivity index (χ0) is 16.6. The summed E-state index contributed by atoms with van der Waals surface area (Å²) in [5.41, 5.74) is 10.8. The normalized spacial score (nSPS) is 11.2. The molecule has 2 aromatic heterocycles. The third-order valence-corrected chi connectivity index (χ3v) is 4.08. The largest absolute Gasteiger partial charge is 0.398 e. The number of fused-ring (bicyclic) bond motifs is 2. The molecule has 0 spiro atoms. The molecule has 3 aromatic rings. The van der Waals surface area contributed by atoms with Crippen molar-refractivity contribution in [2.24, 2.45) is 7.05 Å². The van der Waals surface area contributed by atoms with Crippen LogP contribution in [0.3, 0.4) is 0 Å². The quantitative estimate of drug-likeness (QED) is 0.548. The van der Waals surface area contributed by atoms with Crippen molar-refractivity contribution < 1.29 is 0 Å². The van der Waals surface area contributed by atoms with E-state index in [-0.39, 0.29) is 12.4 Å². The second-order valence-electron chi connectivity index (χ2n) is 6.22. The number of nitrogen functional groups attached to an aromatic ring is 1. The monoisotopic (exact) mass is 348 g/mol. The van der Waals surface area contributed by atoms with Gasteiger partial charge in [-0.2, -0.15) is 5.10 Å². The molecular weight excluding hydrogens is 324 g/mol. The number of aryl methyl sites for hydroxylation is 2. The van der Waals surface area contributed by atoms with E-state index in [0.717, 1.165) is 58.5 Å². The number of pyridine rings is 1. The lowest BCUT2D eigenvalue weighted by Gasteiger charge is -2.14. The first-order chi connectivity index (χ1) is 11.0. The molecule has 2 heterocycles. The topological polar surface area (TPSA) is 72.0 Å². The second kappa shape index (κ2) is 7.23. The van der Waals surface area contributed by atoms with Crippen LogP contribution in [0.1, 0.15) is 12.1 Å². The molecule has 0 fully saturated rings. The van der Waals surface area contributed by atoms with Gasteiger partial charge in [0.25, 0.3) is 0 Å². The molecule has 0 aliphatic carbocycles. The summed E-state index contributed by atoms with van der Waals surface area (Å²) >= 11 is 0. The highest BCUT2D eigenvalue weighted by Gasteiger charge is 2.16. The maximum Gasteiger partial charge on any atom is 0.160 e. The first-order valence-electron chi connectivity index (χ1n) is 7.89. The number of rotatable bonds is 5. The maximum atomic E-state index is 6.24. The van der Waals surface area contributed by atoms with Crippen molar-refractivity contribution in [3.8, 4) is 0 Å².